The summed E-state index contributed by atoms with van der Waals surface area (Å²) >= 11 is 0. The van der Waals surface area contributed by atoms with Crippen molar-refractivity contribution in [1.29, 1.82) is 0 Å². The van der Waals surface area contributed by atoms with Gasteiger partial charge in [-0.3, -0.25) is 14.4 Å². The fourth-order valence-electron chi connectivity index (χ4n) is 9.56. The summed E-state index contributed by atoms with van der Waals surface area (Å²) in [5.74, 6) is -0.848. The summed E-state index contributed by atoms with van der Waals surface area (Å²) in [5, 5.41) is 0. The summed E-state index contributed by atoms with van der Waals surface area (Å²) in [7, 11) is 0. The Labute approximate surface area is 431 Å². The van der Waals surface area contributed by atoms with Crippen LogP contribution in [0.1, 0.15) is 355 Å². The first-order valence-electron chi connectivity index (χ1n) is 31.2. The average molecular weight is 974 g/mol. The van der Waals surface area contributed by atoms with Crippen LogP contribution in [0.25, 0.3) is 0 Å². The van der Waals surface area contributed by atoms with Crippen LogP contribution in [0.2, 0.25) is 0 Å². The second-order valence-electron chi connectivity index (χ2n) is 21.3. The van der Waals surface area contributed by atoms with Crippen LogP contribution in [0.15, 0.2) is 12.2 Å². The van der Waals surface area contributed by atoms with Gasteiger partial charge in [-0.1, -0.05) is 303 Å². The topological polar surface area (TPSA) is 78.9 Å². The van der Waals surface area contributed by atoms with Gasteiger partial charge < -0.3 is 14.2 Å². The molecule has 0 aliphatic heterocycles. The highest BCUT2D eigenvalue weighted by Crippen LogP contribution is 2.18. The Kier molecular flexibility index (Phi) is 57.1. The molecule has 69 heavy (non-hydrogen) atoms. The number of esters is 3. The minimum atomic E-state index is -0.768. The molecule has 0 saturated carbocycles. The molecular formula is C63H120O6. The van der Waals surface area contributed by atoms with E-state index in [-0.39, 0.29) is 31.1 Å². The molecule has 0 bridgehead atoms. The maximum Gasteiger partial charge on any atom is 0.306 e. The molecule has 0 aromatic carbocycles. The third-order valence-electron chi connectivity index (χ3n) is 14.3. The van der Waals surface area contributed by atoms with Crippen LogP contribution in [0.5, 0.6) is 0 Å². The quantitative estimate of drug-likeness (QED) is 0.0261. The summed E-state index contributed by atoms with van der Waals surface area (Å²) in [6.07, 6.45) is 67.9. The van der Waals surface area contributed by atoms with Crippen molar-refractivity contribution in [3.8, 4) is 0 Å². The van der Waals surface area contributed by atoms with Crippen molar-refractivity contribution in [1.82, 2.24) is 0 Å². The lowest BCUT2D eigenvalue weighted by atomic mass is 10.0. The molecule has 408 valence electrons. The van der Waals surface area contributed by atoms with Gasteiger partial charge in [-0.15, -0.1) is 0 Å². The fraction of sp³-hybridized carbons (Fsp3) is 0.921. The molecule has 0 aromatic rings. The summed E-state index contributed by atoms with van der Waals surface area (Å²) in [6, 6.07) is 0. The van der Waals surface area contributed by atoms with Crippen molar-refractivity contribution in [2.24, 2.45) is 0 Å². The molecule has 6 heteroatoms. The Morgan fingerprint density at radius 1 is 0.275 bits per heavy atom. The van der Waals surface area contributed by atoms with E-state index in [0.29, 0.717) is 19.3 Å². The lowest BCUT2D eigenvalue weighted by Gasteiger charge is -2.18. The monoisotopic (exact) mass is 973 g/mol. The largest absolute Gasteiger partial charge is 0.462 e. The predicted molar refractivity (Wildman–Crippen MR) is 298 cm³/mol. The highest BCUT2D eigenvalue weighted by Gasteiger charge is 2.19. The lowest BCUT2D eigenvalue weighted by molar-refractivity contribution is -0.167. The van der Waals surface area contributed by atoms with Gasteiger partial charge in [0.15, 0.2) is 6.10 Å². The van der Waals surface area contributed by atoms with Crippen LogP contribution in [0.4, 0.5) is 0 Å². The third-order valence-corrected chi connectivity index (χ3v) is 14.3. The van der Waals surface area contributed by atoms with Crippen LogP contribution < -0.4 is 0 Å². The minimum Gasteiger partial charge on any atom is -0.462 e. The van der Waals surface area contributed by atoms with E-state index in [1.807, 2.05) is 0 Å². The molecule has 0 radical (unpaired) electrons. The van der Waals surface area contributed by atoms with Gasteiger partial charge in [0.05, 0.1) is 0 Å². The maximum absolute atomic E-state index is 12.9. The molecule has 0 aromatic heterocycles. The molecule has 0 amide bonds. The standard InChI is InChI=1S/C63H120O6/c1-4-7-10-13-16-19-22-25-27-29-30-31-32-33-34-35-37-38-41-44-47-50-53-56-62(65)68-59-60(58-67-61(64)55-52-49-46-43-40-24-21-18-15-12-9-6-3)69-63(66)57-54-51-48-45-42-39-36-28-26-23-20-17-14-11-8-5-2/h18,21,60H,4-17,19-20,22-59H2,1-3H3/b21-18-. The second kappa shape index (κ2) is 58.7. The van der Waals surface area contributed by atoms with Gasteiger partial charge >= 0.3 is 17.9 Å². The Balaban J connectivity index is 4.21. The molecule has 6 nitrogen and oxygen atoms in total. The molecule has 0 heterocycles. The highest BCUT2D eigenvalue weighted by molar-refractivity contribution is 5.71. The number of carbonyl (C=O) groups is 3. The first-order chi connectivity index (χ1) is 34.0. The number of unbranched alkanes of at least 4 members (excludes halogenated alkanes) is 45. The van der Waals surface area contributed by atoms with Gasteiger partial charge in [0.2, 0.25) is 0 Å². The SMILES string of the molecule is CCCCC/C=C\CCCCCCCC(=O)OCC(COC(=O)CCCCCCCCCCCCCCCCCCCCCCCCC)OC(=O)CCCCCCCCCCCCCCCCCC. The molecule has 0 saturated heterocycles. The molecule has 0 N–H and O–H groups in total. The summed E-state index contributed by atoms with van der Waals surface area (Å²) in [4.78, 5) is 38.2. The van der Waals surface area contributed by atoms with Crippen molar-refractivity contribution in [2.45, 2.75) is 361 Å². The fourth-order valence-corrected chi connectivity index (χ4v) is 9.56. The van der Waals surface area contributed by atoms with Gasteiger partial charge in [-0.2, -0.15) is 0 Å². The first kappa shape index (κ1) is 67.1. The number of carbonyl (C=O) groups excluding carboxylic acids is 3. The molecular weight excluding hydrogens is 853 g/mol. The molecule has 1 unspecified atom stereocenters. The lowest BCUT2D eigenvalue weighted by Crippen LogP contribution is -2.30. The van der Waals surface area contributed by atoms with E-state index in [2.05, 4.69) is 32.9 Å². The van der Waals surface area contributed by atoms with E-state index < -0.39 is 6.10 Å². The Morgan fingerprint density at radius 2 is 0.478 bits per heavy atom. The Hall–Kier alpha value is -1.85. The number of hydrogen-bond donors (Lipinski definition) is 0. The smallest absolute Gasteiger partial charge is 0.306 e. The average Bonchev–Trinajstić information content (AvgIpc) is 3.35. The Bertz CT molecular complexity index is 1070. The minimum absolute atomic E-state index is 0.0663. The number of rotatable bonds is 58. The summed E-state index contributed by atoms with van der Waals surface area (Å²) in [6.45, 7) is 6.68. The molecule has 0 aliphatic carbocycles. The zero-order valence-corrected chi connectivity index (χ0v) is 46.9. The van der Waals surface area contributed by atoms with Gasteiger partial charge in [0, 0.05) is 19.3 Å². The number of ether oxygens (including phenoxy) is 3. The van der Waals surface area contributed by atoms with Crippen molar-refractivity contribution >= 4 is 17.9 Å². The van der Waals surface area contributed by atoms with Gasteiger partial charge in [-0.25, -0.2) is 0 Å². The number of hydrogen-bond acceptors (Lipinski definition) is 6. The van der Waals surface area contributed by atoms with E-state index in [4.69, 9.17) is 14.2 Å². The van der Waals surface area contributed by atoms with Crippen LogP contribution in [0, 0.1) is 0 Å². The van der Waals surface area contributed by atoms with Gasteiger partial charge in [-0.05, 0) is 44.9 Å². The van der Waals surface area contributed by atoms with Gasteiger partial charge in [0.1, 0.15) is 13.2 Å². The second-order valence-corrected chi connectivity index (χ2v) is 21.3. The van der Waals surface area contributed by atoms with Crippen LogP contribution in [0.3, 0.4) is 0 Å². The third kappa shape index (κ3) is 56.9. The predicted octanol–water partition coefficient (Wildman–Crippen LogP) is 20.9. The van der Waals surface area contributed by atoms with E-state index in [1.165, 1.54) is 250 Å². The van der Waals surface area contributed by atoms with Crippen LogP contribution in [-0.2, 0) is 28.6 Å². The Morgan fingerprint density at radius 3 is 0.754 bits per heavy atom. The van der Waals surface area contributed by atoms with E-state index in [0.717, 1.165) is 64.2 Å². The molecule has 0 fully saturated rings. The van der Waals surface area contributed by atoms with Crippen molar-refractivity contribution in [3.63, 3.8) is 0 Å². The van der Waals surface area contributed by atoms with E-state index in [9.17, 15) is 14.4 Å². The van der Waals surface area contributed by atoms with Crippen molar-refractivity contribution < 1.29 is 28.6 Å². The normalized spacial score (nSPS) is 12.0. The zero-order valence-electron chi connectivity index (χ0n) is 46.9. The molecule has 1 atom stereocenters. The van der Waals surface area contributed by atoms with Crippen molar-refractivity contribution in [2.75, 3.05) is 13.2 Å². The van der Waals surface area contributed by atoms with E-state index in [1.54, 1.807) is 0 Å². The maximum atomic E-state index is 12.9. The van der Waals surface area contributed by atoms with Crippen LogP contribution >= 0.6 is 0 Å². The molecule has 0 spiro atoms. The molecule has 0 aliphatic rings. The van der Waals surface area contributed by atoms with Crippen molar-refractivity contribution in [3.05, 3.63) is 12.2 Å². The number of allylic oxidation sites excluding steroid dienone is 2. The van der Waals surface area contributed by atoms with E-state index >= 15 is 0 Å². The summed E-state index contributed by atoms with van der Waals surface area (Å²) in [5.41, 5.74) is 0. The first-order valence-corrected chi connectivity index (χ1v) is 31.2. The van der Waals surface area contributed by atoms with Gasteiger partial charge in [0.25, 0.3) is 0 Å². The highest BCUT2D eigenvalue weighted by atomic mass is 16.6. The van der Waals surface area contributed by atoms with Crippen LogP contribution in [-0.4, -0.2) is 37.2 Å². The molecule has 0 rings (SSSR count). The summed E-state index contributed by atoms with van der Waals surface area (Å²) < 4.78 is 16.9. The zero-order chi connectivity index (χ0) is 50.0.